The Hall–Kier alpha value is -0.0969. The van der Waals surface area contributed by atoms with E-state index in [0.717, 1.165) is 0 Å². The summed E-state index contributed by atoms with van der Waals surface area (Å²) in [6, 6.07) is 0. The molecule has 0 aromatic carbocycles. The van der Waals surface area contributed by atoms with Crippen LogP contribution in [-0.2, 0) is 26.2 Å². The molecule has 0 aliphatic heterocycles. The topological polar surface area (TPSA) is 0 Å². The van der Waals surface area contributed by atoms with Crippen LogP contribution < -0.4 is 0 Å². The molecule has 0 spiro atoms. The summed E-state index contributed by atoms with van der Waals surface area (Å²) in [6.45, 7) is 33.3. The van der Waals surface area contributed by atoms with Crippen molar-refractivity contribution in [2.45, 2.75) is 130 Å². The van der Waals surface area contributed by atoms with Gasteiger partial charge in [-0.25, -0.2) is 16.7 Å². The molecule has 3 aliphatic carbocycles. The Morgan fingerprint density at radius 3 is 0.892 bits per heavy atom. The zero-order valence-electron chi connectivity index (χ0n) is 26.6. The summed E-state index contributed by atoms with van der Waals surface area (Å²) in [4.78, 5) is 0. The molecule has 0 unspecified atom stereocenters. The standard InChI is InChI=1S/2C12H19.C10H15.2ClH.Zr/c2*1-6-7-11-8-12(4,5)10(3)9(11)2;1-7-6-10(4,5)9(3)8(7)2;;;/h2*6-7H2,1-5H3;1-5H3;2*1H;/q3*-1;;;+3. The van der Waals surface area contributed by atoms with E-state index in [2.05, 4.69) is 122 Å². The van der Waals surface area contributed by atoms with Crippen molar-refractivity contribution in [2.24, 2.45) is 16.2 Å². The van der Waals surface area contributed by atoms with Gasteiger partial charge in [-0.15, -0.1) is 45.6 Å². The summed E-state index contributed by atoms with van der Waals surface area (Å²) in [6.07, 6.45) is 15.4. The van der Waals surface area contributed by atoms with Crippen LogP contribution in [-0.4, -0.2) is 0 Å². The van der Waals surface area contributed by atoms with E-state index in [-0.39, 0.29) is 67.3 Å². The third kappa shape index (κ3) is 10.4. The Kier molecular flexibility index (Phi) is 18.2. The van der Waals surface area contributed by atoms with Gasteiger partial charge in [0.2, 0.25) is 0 Å². The molecule has 37 heavy (non-hydrogen) atoms. The van der Waals surface area contributed by atoms with Gasteiger partial charge in [0.25, 0.3) is 0 Å². The van der Waals surface area contributed by atoms with E-state index in [1.165, 1.54) is 75.8 Å². The van der Waals surface area contributed by atoms with Crippen molar-refractivity contribution < 1.29 is 26.2 Å². The SMILES string of the molecule is CC1=[C-]C(C)(C)C(C)=C1C.CCCC1=[C-]C(C)(C)C(C)=C1C.CCCC1=[C-]C(C)(C)C(C)=C1C.Cl.Cl.[Zr+3]. The maximum Gasteiger partial charge on any atom is 3.00 e. The average molecular weight is 626 g/mol. The molecular formula is C34H55Cl2Zr. The molecule has 1 radical (unpaired) electrons. The van der Waals surface area contributed by atoms with Crippen LogP contribution in [0.25, 0.3) is 0 Å². The molecule has 0 amide bonds. The molecule has 0 aromatic heterocycles. The van der Waals surface area contributed by atoms with Crippen LogP contribution in [0.15, 0.2) is 50.2 Å². The first-order chi connectivity index (χ1) is 15.4. The number of halogens is 2. The van der Waals surface area contributed by atoms with E-state index in [1.807, 2.05) is 0 Å². The summed E-state index contributed by atoms with van der Waals surface area (Å²) in [5.74, 6) is 0. The van der Waals surface area contributed by atoms with Gasteiger partial charge in [0.1, 0.15) is 0 Å². The van der Waals surface area contributed by atoms with Crippen molar-refractivity contribution in [3.63, 3.8) is 0 Å². The fraction of sp³-hybridized carbons (Fsp3) is 0.647. The zero-order chi connectivity index (χ0) is 26.6. The maximum absolute atomic E-state index is 3.57. The first-order valence-electron chi connectivity index (χ1n) is 13.4. The van der Waals surface area contributed by atoms with Crippen LogP contribution in [0.5, 0.6) is 0 Å². The Balaban J connectivity index is -0.000000452. The predicted molar refractivity (Wildman–Crippen MR) is 167 cm³/mol. The Morgan fingerprint density at radius 2 is 0.757 bits per heavy atom. The average Bonchev–Trinajstić information content (AvgIpc) is 3.14. The summed E-state index contributed by atoms with van der Waals surface area (Å²) < 4.78 is 0. The Labute approximate surface area is 263 Å². The minimum absolute atomic E-state index is 0. The molecule has 0 N–H and O–H groups in total. The summed E-state index contributed by atoms with van der Waals surface area (Å²) >= 11 is 0. The fourth-order valence-electron chi connectivity index (χ4n) is 4.93. The summed E-state index contributed by atoms with van der Waals surface area (Å²) in [5, 5.41) is 0. The van der Waals surface area contributed by atoms with E-state index in [0.29, 0.717) is 0 Å². The molecule has 3 aliphatic rings. The molecule has 3 heteroatoms. The van der Waals surface area contributed by atoms with Gasteiger partial charge in [0.15, 0.2) is 0 Å². The van der Waals surface area contributed by atoms with Crippen LogP contribution in [0.4, 0.5) is 0 Å². The van der Waals surface area contributed by atoms with Crippen molar-refractivity contribution in [2.75, 3.05) is 0 Å². The summed E-state index contributed by atoms with van der Waals surface area (Å²) in [7, 11) is 0. The first-order valence-corrected chi connectivity index (χ1v) is 13.4. The van der Waals surface area contributed by atoms with Crippen LogP contribution in [0, 0.1) is 34.5 Å². The van der Waals surface area contributed by atoms with Crippen LogP contribution in [0.3, 0.4) is 0 Å². The molecule has 0 saturated heterocycles. The maximum atomic E-state index is 3.57. The van der Waals surface area contributed by atoms with Gasteiger partial charge in [0, 0.05) is 0 Å². The smallest absolute Gasteiger partial charge is 0.263 e. The number of allylic oxidation sites excluding steroid dienone is 12. The molecule has 0 heterocycles. The largest absolute Gasteiger partial charge is 3.00 e. The van der Waals surface area contributed by atoms with Crippen LogP contribution in [0.1, 0.15) is 130 Å². The number of hydrogen-bond donors (Lipinski definition) is 0. The summed E-state index contributed by atoms with van der Waals surface area (Å²) in [5.41, 5.74) is 13.6. The fourth-order valence-corrected chi connectivity index (χ4v) is 4.93. The third-order valence-electron chi connectivity index (χ3n) is 8.39. The Bertz CT molecular complexity index is 906. The van der Waals surface area contributed by atoms with E-state index in [4.69, 9.17) is 0 Å². The second-order valence-corrected chi connectivity index (χ2v) is 12.1. The van der Waals surface area contributed by atoms with Gasteiger partial charge in [-0.3, -0.25) is 18.2 Å². The molecule has 0 aromatic rings. The van der Waals surface area contributed by atoms with Gasteiger partial charge >= 0.3 is 26.2 Å². The Morgan fingerprint density at radius 1 is 0.486 bits per heavy atom. The van der Waals surface area contributed by atoms with Crippen LogP contribution >= 0.6 is 24.8 Å². The quantitative estimate of drug-likeness (QED) is 0.273. The normalized spacial score (nSPS) is 20.4. The van der Waals surface area contributed by atoms with E-state index < -0.39 is 0 Å². The number of hydrogen-bond acceptors (Lipinski definition) is 0. The van der Waals surface area contributed by atoms with Crippen molar-refractivity contribution in [1.82, 2.24) is 0 Å². The molecule has 0 fully saturated rings. The van der Waals surface area contributed by atoms with Crippen molar-refractivity contribution in [3.05, 3.63) is 68.4 Å². The van der Waals surface area contributed by atoms with Gasteiger partial charge in [-0.05, 0) is 0 Å². The second kappa shape index (κ2) is 16.2. The molecule has 0 saturated carbocycles. The molecule has 0 nitrogen and oxygen atoms in total. The molecule has 0 atom stereocenters. The molecule has 209 valence electrons. The van der Waals surface area contributed by atoms with Crippen molar-refractivity contribution >= 4 is 24.8 Å². The molecule has 3 rings (SSSR count). The minimum atomic E-state index is 0. The van der Waals surface area contributed by atoms with Gasteiger partial charge < -0.3 is 0 Å². The van der Waals surface area contributed by atoms with E-state index in [9.17, 15) is 0 Å². The van der Waals surface area contributed by atoms with E-state index in [1.54, 1.807) is 0 Å². The number of rotatable bonds is 4. The zero-order valence-corrected chi connectivity index (χ0v) is 30.7. The minimum Gasteiger partial charge on any atom is -0.263 e. The van der Waals surface area contributed by atoms with Gasteiger partial charge in [-0.2, -0.15) is 33.4 Å². The monoisotopic (exact) mass is 623 g/mol. The van der Waals surface area contributed by atoms with Crippen molar-refractivity contribution in [1.29, 1.82) is 0 Å². The third-order valence-corrected chi connectivity index (χ3v) is 8.39. The second-order valence-electron chi connectivity index (χ2n) is 12.1. The van der Waals surface area contributed by atoms with Crippen LogP contribution in [0.2, 0.25) is 0 Å². The van der Waals surface area contributed by atoms with Crippen molar-refractivity contribution in [3.8, 4) is 0 Å². The molecular weight excluding hydrogens is 571 g/mol. The first kappa shape index (κ1) is 41.4. The molecule has 0 bridgehead atoms. The predicted octanol–water partition coefficient (Wildman–Crippen LogP) is 11.7. The van der Waals surface area contributed by atoms with Gasteiger partial charge in [0.05, 0.1) is 0 Å². The van der Waals surface area contributed by atoms with Gasteiger partial charge in [-0.1, -0.05) is 125 Å². The van der Waals surface area contributed by atoms with E-state index >= 15 is 0 Å².